The first-order valence-corrected chi connectivity index (χ1v) is 4.14. The summed E-state index contributed by atoms with van der Waals surface area (Å²) in [6, 6.07) is -0.413. The summed E-state index contributed by atoms with van der Waals surface area (Å²) >= 11 is 0. The predicted molar refractivity (Wildman–Crippen MR) is 49.4 cm³/mol. The Morgan fingerprint density at radius 3 is 2.69 bits per heavy atom. The number of rotatable bonds is 3. The number of aromatic nitrogens is 1. The number of nitrogens with two attached hydrogens (primary N) is 1. The van der Waals surface area contributed by atoms with Crippen LogP contribution in [0, 0.1) is 13.8 Å². The van der Waals surface area contributed by atoms with E-state index in [1.807, 2.05) is 20.0 Å². The van der Waals surface area contributed by atoms with E-state index in [0.29, 0.717) is 0 Å². The zero-order valence-corrected chi connectivity index (χ0v) is 7.79. The van der Waals surface area contributed by atoms with Crippen molar-refractivity contribution in [2.24, 2.45) is 5.73 Å². The van der Waals surface area contributed by atoms with E-state index >= 15 is 0 Å². The molecular weight excluding hydrogens is 168 g/mol. The highest BCUT2D eigenvalue weighted by atomic mass is 16.4. The molecule has 0 fully saturated rings. The molecule has 0 spiro atoms. The average Bonchev–Trinajstić information content (AvgIpc) is 2.29. The Morgan fingerprint density at radius 2 is 2.31 bits per heavy atom. The van der Waals surface area contributed by atoms with Crippen molar-refractivity contribution in [3.05, 3.63) is 23.0 Å². The summed E-state index contributed by atoms with van der Waals surface area (Å²) in [5.41, 5.74) is 8.63. The molecule has 0 aliphatic carbocycles. The van der Waals surface area contributed by atoms with E-state index in [0.717, 1.165) is 16.8 Å². The Balaban J connectivity index is 2.87. The molecule has 0 saturated heterocycles. The normalized spacial score (nSPS) is 12.8. The molecule has 0 aliphatic heterocycles. The van der Waals surface area contributed by atoms with Crippen LogP contribution in [0.1, 0.15) is 29.3 Å². The minimum atomic E-state index is -0.868. The third-order valence-corrected chi connectivity index (χ3v) is 2.10. The molecule has 13 heavy (non-hydrogen) atoms. The topological polar surface area (TPSA) is 79.1 Å². The number of nitrogens with one attached hydrogen (secondary N) is 1. The number of hydrogen-bond donors (Lipinski definition) is 3. The first kappa shape index (κ1) is 9.80. The Labute approximate surface area is 76.8 Å². The Kier molecular flexibility index (Phi) is 2.72. The molecule has 0 amide bonds. The Bertz CT molecular complexity index is 298. The third-order valence-electron chi connectivity index (χ3n) is 2.10. The zero-order valence-electron chi connectivity index (χ0n) is 7.79. The monoisotopic (exact) mass is 182 g/mol. The molecule has 1 atom stereocenters. The lowest BCUT2D eigenvalue weighted by atomic mass is 10.0. The molecule has 0 unspecified atom stereocenters. The van der Waals surface area contributed by atoms with Gasteiger partial charge in [0, 0.05) is 17.9 Å². The number of aromatic amines is 1. The van der Waals surface area contributed by atoms with E-state index in [9.17, 15) is 4.79 Å². The molecule has 4 nitrogen and oxygen atoms in total. The maximum atomic E-state index is 10.4. The summed E-state index contributed by atoms with van der Waals surface area (Å²) in [6.07, 6.45) is 1.81. The lowest BCUT2D eigenvalue weighted by molar-refractivity contribution is -0.137. The molecule has 0 bridgehead atoms. The summed E-state index contributed by atoms with van der Waals surface area (Å²) in [6.45, 7) is 3.81. The van der Waals surface area contributed by atoms with Gasteiger partial charge < -0.3 is 15.8 Å². The molecule has 72 valence electrons. The van der Waals surface area contributed by atoms with Crippen LogP contribution in [0.15, 0.2) is 6.20 Å². The molecular formula is C9H14N2O2. The molecule has 4 N–H and O–H groups in total. The fraction of sp³-hybridized carbons (Fsp3) is 0.444. The third kappa shape index (κ3) is 2.09. The van der Waals surface area contributed by atoms with Gasteiger partial charge in [-0.1, -0.05) is 0 Å². The maximum Gasteiger partial charge on any atom is 0.305 e. The van der Waals surface area contributed by atoms with Crippen molar-refractivity contribution in [1.29, 1.82) is 0 Å². The van der Waals surface area contributed by atoms with Crippen molar-refractivity contribution in [2.45, 2.75) is 26.3 Å². The fourth-order valence-corrected chi connectivity index (χ4v) is 1.53. The number of aliphatic carboxylic acids is 1. The molecule has 1 heterocycles. The van der Waals surface area contributed by atoms with Crippen molar-refractivity contribution in [1.82, 2.24) is 4.98 Å². The van der Waals surface area contributed by atoms with Crippen LogP contribution in [-0.4, -0.2) is 16.1 Å². The molecule has 0 saturated carbocycles. The van der Waals surface area contributed by atoms with Gasteiger partial charge in [0.25, 0.3) is 0 Å². The maximum absolute atomic E-state index is 10.4. The van der Waals surface area contributed by atoms with Crippen molar-refractivity contribution in [3.8, 4) is 0 Å². The lowest BCUT2D eigenvalue weighted by Crippen LogP contribution is -2.16. The van der Waals surface area contributed by atoms with Gasteiger partial charge in [0.15, 0.2) is 0 Å². The molecule has 1 aromatic rings. The minimum Gasteiger partial charge on any atom is -0.481 e. The second-order valence-electron chi connectivity index (χ2n) is 3.21. The van der Waals surface area contributed by atoms with Gasteiger partial charge in [-0.25, -0.2) is 0 Å². The van der Waals surface area contributed by atoms with Crippen LogP contribution in [0.4, 0.5) is 0 Å². The molecule has 1 aromatic heterocycles. The predicted octanol–water partition coefficient (Wildman–Crippen LogP) is 1.11. The van der Waals surface area contributed by atoms with Crippen LogP contribution in [0.5, 0.6) is 0 Å². The molecule has 4 heteroatoms. The molecule has 0 radical (unpaired) electrons. The van der Waals surface area contributed by atoms with Crippen molar-refractivity contribution >= 4 is 5.97 Å². The number of H-pyrrole nitrogens is 1. The van der Waals surface area contributed by atoms with E-state index in [4.69, 9.17) is 10.8 Å². The van der Waals surface area contributed by atoms with Crippen LogP contribution < -0.4 is 5.73 Å². The summed E-state index contributed by atoms with van der Waals surface area (Å²) in [4.78, 5) is 13.5. The highest BCUT2D eigenvalue weighted by Gasteiger charge is 2.15. The van der Waals surface area contributed by atoms with Crippen molar-refractivity contribution in [3.63, 3.8) is 0 Å². The van der Waals surface area contributed by atoms with Crippen LogP contribution in [0.25, 0.3) is 0 Å². The summed E-state index contributed by atoms with van der Waals surface area (Å²) in [5.74, 6) is -0.868. The SMILES string of the molecule is Cc1c[nH]c(C)c1[C@H](N)CC(=O)O. The molecule has 1 rings (SSSR count). The smallest absolute Gasteiger partial charge is 0.305 e. The largest absolute Gasteiger partial charge is 0.481 e. The van der Waals surface area contributed by atoms with Gasteiger partial charge in [0.1, 0.15) is 0 Å². The van der Waals surface area contributed by atoms with Crippen LogP contribution >= 0.6 is 0 Å². The standard InChI is InChI=1S/C9H14N2O2/c1-5-4-11-6(2)9(5)7(10)3-8(12)13/h4,7,11H,3,10H2,1-2H3,(H,12,13)/t7-/m1/s1. The number of carboxylic acid groups (broad SMARTS) is 1. The van der Waals surface area contributed by atoms with E-state index in [1.54, 1.807) is 0 Å². The first-order valence-electron chi connectivity index (χ1n) is 4.14. The number of hydrogen-bond acceptors (Lipinski definition) is 2. The van der Waals surface area contributed by atoms with Crippen LogP contribution in [0.3, 0.4) is 0 Å². The highest BCUT2D eigenvalue weighted by molar-refractivity contribution is 5.68. The summed E-state index contributed by atoms with van der Waals surface area (Å²) in [5, 5.41) is 8.57. The van der Waals surface area contributed by atoms with E-state index < -0.39 is 12.0 Å². The first-order chi connectivity index (χ1) is 6.02. The van der Waals surface area contributed by atoms with Crippen molar-refractivity contribution in [2.75, 3.05) is 0 Å². The van der Waals surface area contributed by atoms with E-state index in [1.165, 1.54) is 0 Å². The number of carbonyl (C=O) groups is 1. The van der Waals surface area contributed by atoms with Gasteiger partial charge in [0.05, 0.1) is 6.42 Å². The number of aryl methyl sites for hydroxylation is 2. The van der Waals surface area contributed by atoms with Gasteiger partial charge in [-0.3, -0.25) is 4.79 Å². The highest BCUT2D eigenvalue weighted by Crippen LogP contribution is 2.21. The zero-order chi connectivity index (χ0) is 10.0. The van der Waals surface area contributed by atoms with Gasteiger partial charge in [-0.15, -0.1) is 0 Å². The van der Waals surface area contributed by atoms with Gasteiger partial charge in [-0.05, 0) is 25.0 Å². The van der Waals surface area contributed by atoms with Gasteiger partial charge >= 0.3 is 5.97 Å². The lowest BCUT2D eigenvalue weighted by Gasteiger charge is -2.09. The van der Waals surface area contributed by atoms with E-state index in [2.05, 4.69) is 4.98 Å². The minimum absolute atomic E-state index is 0.0282. The number of carboxylic acids is 1. The van der Waals surface area contributed by atoms with Crippen molar-refractivity contribution < 1.29 is 9.90 Å². The van der Waals surface area contributed by atoms with E-state index in [-0.39, 0.29) is 6.42 Å². The fourth-order valence-electron chi connectivity index (χ4n) is 1.53. The average molecular weight is 182 g/mol. The Hall–Kier alpha value is -1.29. The van der Waals surface area contributed by atoms with Gasteiger partial charge in [0.2, 0.25) is 0 Å². The summed E-state index contributed by atoms with van der Waals surface area (Å²) < 4.78 is 0. The molecule has 0 aliphatic rings. The van der Waals surface area contributed by atoms with Crippen LogP contribution in [-0.2, 0) is 4.79 Å². The second kappa shape index (κ2) is 3.62. The molecule has 0 aromatic carbocycles. The second-order valence-corrected chi connectivity index (χ2v) is 3.21. The summed E-state index contributed by atoms with van der Waals surface area (Å²) in [7, 11) is 0. The quantitative estimate of drug-likeness (QED) is 0.655. The van der Waals surface area contributed by atoms with Crippen LogP contribution in [0.2, 0.25) is 0 Å². The Morgan fingerprint density at radius 1 is 1.69 bits per heavy atom. The van der Waals surface area contributed by atoms with Gasteiger partial charge in [-0.2, -0.15) is 0 Å².